The molecule has 0 amide bonds. The molecule has 1 saturated heterocycles. The van der Waals surface area contributed by atoms with Gasteiger partial charge in [0, 0.05) is 18.6 Å². The van der Waals surface area contributed by atoms with Crippen molar-refractivity contribution >= 4 is 0 Å². The van der Waals surface area contributed by atoms with E-state index >= 15 is 0 Å². The summed E-state index contributed by atoms with van der Waals surface area (Å²) in [5.41, 5.74) is 2.82. The van der Waals surface area contributed by atoms with Crippen molar-refractivity contribution in [2.45, 2.75) is 58.7 Å². The molecule has 1 fully saturated rings. The Morgan fingerprint density at radius 3 is 2.79 bits per heavy atom. The first-order valence-corrected chi connectivity index (χ1v) is 7.71. The number of hydrogen-bond donors (Lipinski definition) is 1. The van der Waals surface area contributed by atoms with Crippen molar-refractivity contribution in [2.24, 2.45) is 0 Å². The van der Waals surface area contributed by atoms with Gasteiger partial charge < -0.3 is 5.32 Å². The topological polar surface area (TPSA) is 15.3 Å². The molecule has 0 bridgehead atoms. The first-order chi connectivity index (χ1) is 9.17. The molecule has 1 aliphatic heterocycles. The molecule has 2 rings (SSSR count). The molecule has 2 atom stereocenters. The largest absolute Gasteiger partial charge is 0.311 e. The van der Waals surface area contributed by atoms with Crippen LogP contribution in [0, 0.1) is 6.92 Å². The monoisotopic (exact) mass is 260 g/mol. The van der Waals surface area contributed by atoms with Crippen LogP contribution in [0.15, 0.2) is 24.3 Å². The summed E-state index contributed by atoms with van der Waals surface area (Å²) in [7, 11) is 0. The van der Waals surface area contributed by atoms with E-state index in [1.54, 1.807) is 0 Å². The van der Waals surface area contributed by atoms with Gasteiger partial charge in [-0.1, -0.05) is 36.8 Å². The third kappa shape index (κ3) is 4.63. The van der Waals surface area contributed by atoms with Crippen molar-refractivity contribution < 1.29 is 0 Å². The van der Waals surface area contributed by atoms with Crippen LogP contribution < -0.4 is 5.32 Å². The molecule has 2 nitrogen and oxygen atoms in total. The van der Waals surface area contributed by atoms with Gasteiger partial charge in [0.15, 0.2) is 0 Å². The van der Waals surface area contributed by atoms with Crippen LogP contribution in [0.1, 0.15) is 44.2 Å². The van der Waals surface area contributed by atoms with Gasteiger partial charge in [-0.25, -0.2) is 0 Å². The Labute approximate surface area is 118 Å². The molecule has 1 aliphatic rings. The van der Waals surface area contributed by atoms with Gasteiger partial charge in [0.05, 0.1) is 0 Å². The predicted molar refractivity (Wildman–Crippen MR) is 82.4 cm³/mol. The Morgan fingerprint density at radius 1 is 1.26 bits per heavy atom. The van der Waals surface area contributed by atoms with E-state index < -0.39 is 0 Å². The first kappa shape index (κ1) is 14.5. The minimum Gasteiger partial charge on any atom is -0.311 e. The summed E-state index contributed by atoms with van der Waals surface area (Å²) in [6.07, 6.45) is 3.76. The summed E-state index contributed by atoms with van der Waals surface area (Å²) in [6.45, 7) is 10.3. The lowest BCUT2D eigenvalue weighted by atomic mass is 10.0. The van der Waals surface area contributed by atoms with E-state index in [-0.39, 0.29) is 0 Å². The molecule has 0 aliphatic carbocycles. The molecule has 2 unspecified atom stereocenters. The molecule has 0 radical (unpaired) electrons. The fourth-order valence-corrected chi connectivity index (χ4v) is 2.94. The zero-order chi connectivity index (χ0) is 13.7. The fourth-order valence-electron chi connectivity index (χ4n) is 2.94. The van der Waals surface area contributed by atoms with E-state index in [0.717, 1.165) is 6.54 Å². The number of benzene rings is 1. The number of nitrogens with zero attached hydrogens (tertiary/aromatic N) is 1. The Kier molecular flexibility index (Phi) is 5.41. The van der Waals surface area contributed by atoms with Gasteiger partial charge in [-0.05, 0) is 51.8 Å². The summed E-state index contributed by atoms with van der Waals surface area (Å²) in [4.78, 5) is 2.62. The number of rotatable bonds is 3. The number of aryl methyl sites for hydroxylation is 1. The molecule has 1 heterocycles. The minimum absolute atomic E-state index is 0.644. The van der Waals surface area contributed by atoms with Gasteiger partial charge in [0.2, 0.25) is 0 Å². The molecule has 106 valence electrons. The second kappa shape index (κ2) is 7.06. The first-order valence-electron chi connectivity index (χ1n) is 7.71. The molecule has 1 aromatic carbocycles. The molecule has 0 aromatic heterocycles. The summed E-state index contributed by atoms with van der Waals surface area (Å²) >= 11 is 0. The predicted octanol–water partition coefficient (Wildman–Crippen LogP) is 3.35. The Hall–Kier alpha value is -0.860. The average Bonchev–Trinajstić information content (AvgIpc) is 2.38. The Balaban J connectivity index is 1.95. The van der Waals surface area contributed by atoms with E-state index in [0.29, 0.717) is 12.1 Å². The van der Waals surface area contributed by atoms with Crippen molar-refractivity contribution in [1.82, 2.24) is 10.2 Å². The maximum atomic E-state index is 3.74. The highest BCUT2D eigenvalue weighted by atomic mass is 15.1. The van der Waals surface area contributed by atoms with Crippen LogP contribution in [0.2, 0.25) is 0 Å². The summed E-state index contributed by atoms with van der Waals surface area (Å²) in [5.74, 6) is 0. The highest BCUT2D eigenvalue weighted by molar-refractivity contribution is 5.22. The molecular formula is C17H28N2. The average molecular weight is 260 g/mol. The molecule has 0 saturated carbocycles. The van der Waals surface area contributed by atoms with Crippen LogP contribution in [0.5, 0.6) is 0 Å². The van der Waals surface area contributed by atoms with Gasteiger partial charge in [-0.15, -0.1) is 0 Å². The van der Waals surface area contributed by atoms with E-state index in [4.69, 9.17) is 0 Å². The Bertz CT molecular complexity index is 389. The third-order valence-corrected chi connectivity index (χ3v) is 4.17. The van der Waals surface area contributed by atoms with Gasteiger partial charge in [-0.2, -0.15) is 0 Å². The number of hydrogen-bond acceptors (Lipinski definition) is 2. The highest BCUT2D eigenvalue weighted by Crippen LogP contribution is 2.13. The lowest BCUT2D eigenvalue weighted by Crippen LogP contribution is -2.43. The lowest BCUT2D eigenvalue weighted by molar-refractivity contribution is 0.206. The van der Waals surface area contributed by atoms with Crippen molar-refractivity contribution in [2.75, 3.05) is 13.1 Å². The molecule has 2 heteroatoms. The molecule has 0 spiro atoms. The van der Waals surface area contributed by atoms with Crippen molar-refractivity contribution in [3.63, 3.8) is 0 Å². The van der Waals surface area contributed by atoms with Gasteiger partial charge in [-0.3, -0.25) is 4.90 Å². The second-order valence-electron chi connectivity index (χ2n) is 6.02. The minimum atomic E-state index is 0.644. The lowest BCUT2D eigenvalue weighted by Gasteiger charge is -2.32. The van der Waals surface area contributed by atoms with Crippen LogP contribution in [-0.2, 0) is 6.54 Å². The van der Waals surface area contributed by atoms with Crippen LogP contribution >= 0.6 is 0 Å². The van der Waals surface area contributed by atoms with E-state index in [1.807, 2.05) is 0 Å². The van der Waals surface area contributed by atoms with Crippen LogP contribution in [0.25, 0.3) is 0 Å². The molecule has 19 heavy (non-hydrogen) atoms. The fraction of sp³-hybridized carbons (Fsp3) is 0.647. The van der Waals surface area contributed by atoms with Crippen LogP contribution in [0.3, 0.4) is 0 Å². The highest BCUT2D eigenvalue weighted by Gasteiger charge is 2.17. The zero-order valence-corrected chi connectivity index (χ0v) is 12.7. The van der Waals surface area contributed by atoms with Crippen molar-refractivity contribution in [3.05, 3.63) is 35.4 Å². The van der Waals surface area contributed by atoms with Crippen molar-refractivity contribution in [3.8, 4) is 0 Å². The SMILES string of the molecule is CCC1CCN(Cc2cccc(C)c2)CCC(C)N1. The van der Waals surface area contributed by atoms with Crippen LogP contribution in [0.4, 0.5) is 0 Å². The molecular weight excluding hydrogens is 232 g/mol. The smallest absolute Gasteiger partial charge is 0.0233 e. The second-order valence-corrected chi connectivity index (χ2v) is 6.02. The summed E-state index contributed by atoms with van der Waals surface area (Å²) < 4.78 is 0. The summed E-state index contributed by atoms with van der Waals surface area (Å²) in [5, 5.41) is 3.74. The van der Waals surface area contributed by atoms with E-state index in [9.17, 15) is 0 Å². The van der Waals surface area contributed by atoms with Gasteiger partial charge in [0.1, 0.15) is 0 Å². The van der Waals surface area contributed by atoms with E-state index in [1.165, 1.54) is 43.5 Å². The van der Waals surface area contributed by atoms with Crippen LogP contribution in [-0.4, -0.2) is 30.1 Å². The summed E-state index contributed by atoms with van der Waals surface area (Å²) in [6, 6.07) is 10.3. The maximum absolute atomic E-state index is 3.74. The van der Waals surface area contributed by atoms with Gasteiger partial charge >= 0.3 is 0 Å². The standard InChI is InChI=1S/C17H28N2/c1-4-17-9-11-19(10-8-15(3)18-17)13-16-7-5-6-14(2)12-16/h5-7,12,15,17-18H,4,8-11,13H2,1-3H3. The third-order valence-electron chi connectivity index (χ3n) is 4.17. The molecule has 1 N–H and O–H groups in total. The normalized spacial score (nSPS) is 25.8. The number of nitrogens with one attached hydrogen (secondary N) is 1. The molecule has 1 aromatic rings. The van der Waals surface area contributed by atoms with Crippen molar-refractivity contribution in [1.29, 1.82) is 0 Å². The zero-order valence-electron chi connectivity index (χ0n) is 12.7. The van der Waals surface area contributed by atoms with E-state index in [2.05, 4.69) is 55.3 Å². The Morgan fingerprint density at radius 2 is 2.05 bits per heavy atom. The maximum Gasteiger partial charge on any atom is 0.0233 e. The quantitative estimate of drug-likeness (QED) is 0.896. The van der Waals surface area contributed by atoms with Gasteiger partial charge in [0.25, 0.3) is 0 Å².